The first-order chi connectivity index (χ1) is 7.79. The van der Waals surface area contributed by atoms with Gasteiger partial charge < -0.3 is 5.32 Å². The Morgan fingerprint density at radius 3 is 2.69 bits per heavy atom. The van der Waals surface area contributed by atoms with E-state index in [1.165, 1.54) is 6.33 Å². The highest BCUT2D eigenvalue weighted by molar-refractivity contribution is 9.10. The Kier molecular flexibility index (Phi) is 3.13. The lowest BCUT2D eigenvalue weighted by Crippen LogP contribution is -1.94. The van der Waals surface area contributed by atoms with E-state index >= 15 is 0 Å². The third kappa shape index (κ3) is 2.35. The second-order valence-electron chi connectivity index (χ2n) is 3.05. The smallest absolute Gasteiger partial charge is 0.115 e. The molecule has 0 fully saturated rings. The van der Waals surface area contributed by atoms with Crippen LogP contribution in [0.15, 0.2) is 41.4 Å². The van der Waals surface area contributed by atoms with Crippen molar-refractivity contribution in [2.45, 2.75) is 0 Å². The summed E-state index contributed by atoms with van der Waals surface area (Å²) in [5, 5.41) is 12.1. The van der Waals surface area contributed by atoms with Gasteiger partial charge in [-0.1, -0.05) is 15.9 Å². The van der Waals surface area contributed by atoms with E-state index in [0.29, 0.717) is 5.56 Å². The van der Waals surface area contributed by atoms with Gasteiger partial charge in [0.15, 0.2) is 0 Å². The predicted molar refractivity (Wildman–Crippen MR) is 64.2 cm³/mol. The van der Waals surface area contributed by atoms with Crippen LogP contribution in [0.1, 0.15) is 5.56 Å². The van der Waals surface area contributed by atoms with Crippen LogP contribution in [-0.4, -0.2) is 9.97 Å². The zero-order valence-electron chi connectivity index (χ0n) is 8.18. The van der Waals surface area contributed by atoms with Crippen molar-refractivity contribution in [3.63, 3.8) is 0 Å². The van der Waals surface area contributed by atoms with Gasteiger partial charge in [-0.05, 0) is 18.2 Å². The molecule has 0 radical (unpaired) electrons. The van der Waals surface area contributed by atoms with Crippen LogP contribution in [0, 0.1) is 11.3 Å². The Balaban J connectivity index is 2.32. The Morgan fingerprint density at radius 1 is 1.25 bits per heavy atom. The van der Waals surface area contributed by atoms with Crippen LogP contribution >= 0.6 is 15.9 Å². The van der Waals surface area contributed by atoms with E-state index < -0.39 is 0 Å². The number of nitriles is 1. The van der Waals surface area contributed by atoms with Crippen molar-refractivity contribution in [3.8, 4) is 6.07 Å². The number of aromatic nitrogens is 2. The molecular weight excluding hydrogens is 268 g/mol. The molecule has 1 aromatic heterocycles. The fourth-order valence-corrected chi connectivity index (χ4v) is 1.60. The Bertz CT molecular complexity index is 533. The minimum Gasteiger partial charge on any atom is -0.352 e. The minimum absolute atomic E-state index is 0.568. The van der Waals surface area contributed by atoms with E-state index in [4.69, 9.17) is 5.26 Å². The van der Waals surface area contributed by atoms with E-state index in [2.05, 4.69) is 37.3 Å². The number of rotatable bonds is 2. The van der Waals surface area contributed by atoms with Crippen LogP contribution in [0.5, 0.6) is 0 Å². The molecular formula is C11H7BrN4. The first-order valence-electron chi connectivity index (χ1n) is 4.51. The quantitative estimate of drug-likeness (QED) is 0.915. The summed E-state index contributed by atoms with van der Waals surface area (Å²) in [6.45, 7) is 0. The van der Waals surface area contributed by atoms with Crippen LogP contribution in [-0.2, 0) is 0 Å². The maximum absolute atomic E-state index is 8.98. The summed E-state index contributed by atoms with van der Waals surface area (Å²) in [5.74, 6) is 0. The minimum atomic E-state index is 0.568. The average molecular weight is 275 g/mol. The van der Waals surface area contributed by atoms with Crippen molar-refractivity contribution in [2.75, 3.05) is 5.32 Å². The van der Waals surface area contributed by atoms with Gasteiger partial charge in [-0.15, -0.1) is 0 Å². The van der Waals surface area contributed by atoms with E-state index in [9.17, 15) is 0 Å². The summed E-state index contributed by atoms with van der Waals surface area (Å²) in [6.07, 6.45) is 4.75. The number of hydrogen-bond acceptors (Lipinski definition) is 4. The average Bonchev–Trinajstić information content (AvgIpc) is 2.33. The molecule has 0 spiro atoms. The number of nitrogens with one attached hydrogen (secondary N) is 1. The third-order valence-electron chi connectivity index (χ3n) is 1.94. The molecule has 0 unspecified atom stereocenters. The maximum Gasteiger partial charge on any atom is 0.115 e. The van der Waals surface area contributed by atoms with E-state index in [1.807, 2.05) is 12.1 Å². The van der Waals surface area contributed by atoms with Crippen molar-refractivity contribution < 1.29 is 0 Å². The van der Waals surface area contributed by atoms with Gasteiger partial charge in [0, 0.05) is 4.47 Å². The molecule has 0 saturated heterocycles. The number of nitrogens with zero attached hydrogens (tertiary/aromatic N) is 3. The standard InChI is InChI=1S/C11H7BrN4/c12-9-1-2-11(8(3-9)4-13)16-10-5-14-7-15-6-10/h1-3,5-7,16H. The van der Waals surface area contributed by atoms with Gasteiger partial charge in [0.25, 0.3) is 0 Å². The van der Waals surface area contributed by atoms with Gasteiger partial charge >= 0.3 is 0 Å². The van der Waals surface area contributed by atoms with Crippen molar-refractivity contribution >= 4 is 27.3 Å². The molecule has 0 aliphatic carbocycles. The van der Waals surface area contributed by atoms with Gasteiger partial charge in [-0.3, -0.25) is 0 Å². The zero-order chi connectivity index (χ0) is 11.4. The van der Waals surface area contributed by atoms with Crippen LogP contribution in [0.2, 0.25) is 0 Å². The van der Waals surface area contributed by atoms with Crippen LogP contribution in [0.3, 0.4) is 0 Å². The van der Waals surface area contributed by atoms with Crippen LogP contribution in [0.25, 0.3) is 0 Å². The monoisotopic (exact) mass is 274 g/mol. The molecule has 16 heavy (non-hydrogen) atoms. The van der Waals surface area contributed by atoms with Gasteiger partial charge in [0.05, 0.1) is 29.3 Å². The first kappa shape index (κ1) is 10.6. The fraction of sp³-hybridized carbons (Fsp3) is 0. The molecule has 1 heterocycles. The van der Waals surface area contributed by atoms with Crippen molar-refractivity contribution in [1.29, 1.82) is 5.26 Å². The number of hydrogen-bond donors (Lipinski definition) is 1. The van der Waals surface area contributed by atoms with Gasteiger partial charge in [-0.25, -0.2) is 9.97 Å². The summed E-state index contributed by atoms with van der Waals surface area (Å²) in [4.78, 5) is 7.78. The SMILES string of the molecule is N#Cc1cc(Br)ccc1Nc1cncnc1. The fourth-order valence-electron chi connectivity index (χ4n) is 1.24. The molecule has 2 aromatic rings. The first-order valence-corrected chi connectivity index (χ1v) is 5.30. The molecule has 0 atom stereocenters. The normalized spacial score (nSPS) is 9.50. The largest absolute Gasteiger partial charge is 0.352 e. The molecule has 1 N–H and O–H groups in total. The molecule has 0 saturated carbocycles. The molecule has 4 nitrogen and oxygen atoms in total. The number of halogens is 1. The van der Waals surface area contributed by atoms with Crippen molar-refractivity contribution in [1.82, 2.24) is 9.97 Å². The van der Waals surface area contributed by atoms with Crippen LogP contribution in [0.4, 0.5) is 11.4 Å². The summed E-state index contributed by atoms with van der Waals surface area (Å²) >= 11 is 3.32. The van der Waals surface area contributed by atoms with Crippen molar-refractivity contribution in [3.05, 3.63) is 47.0 Å². The van der Waals surface area contributed by atoms with Crippen LogP contribution < -0.4 is 5.32 Å². The Hall–Kier alpha value is -1.93. The molecule has 0 amide bonds. The molecule has 2 rings (SSSR count). The van der Waals surface area contributed by atoms with E-state index in [1.54, 1.807) is 18.5 Å². The highest BCUT2D eigenvalue weighted by Gasteiger charge is 2.02. The van der Waals surface area contributed by atoms with Crippen molar-refractivity contribution in [2.24, 2.45) is 0 Å². The lowest BCUT2D eigenvalue weighted by molar-refractivity contribution is 1.17. The number of anilines is 2. The van der Waals surface area contributed by atoms with Gasteiger partial charge in [0.2, 0.25) is 0 Å². The van der Waals surface area contributed by atoms with Gasteiger partial charge in [0.1, 0.15) is 12.4 Å². The molecule has 1 aromatic carbocycles. The summed E-state index contributed by atoms with van der Waals surface area (Å²) in [5.41, 5.74) is 2.06. The van der Waals surface area contributed by atoms with E-state index in [0.717, 1.165) is 15.8 Å². The maximum atomic E-state index is 8.98. The zero-order valence-corrected chi connectivity index (χ0v) is 9.77. The molecule has 0 aliphatic heterocycles. The topological polar surface area (TPSA) is 61.6 Å². The molecule has 0 bridgehead atoms. The highest BCUT2D eigenvalue weighted by atomic mass is 79.9. The van der Waals surface area contributed by atoms with Gasteiger partial charge in [-0.2, -0.15) is 5.26 Å². The second kappa shape index (κ2) is 4.73. The second-order valence-corrected chi connectivity index (χ2v) is 3.97. The highest BCUT2D eigenvalue weighted by Crippen LogP contribution is 2.23. The van der Waals surface area contributed by atoms with E-state index in [-0.39, 0.29) is 0 Å². The summed E-state index contributed by atoms with van der Waals surface area (Å²) < 4.78 is 0.874. The Morgan fingerprint density at radius 2 is 2.00 bits per heavy atom. The molecule has 5 heteroatoms. The summed E-state index contributed by atoms with van der Waals surface area (Å²) in [6, 6.07) is 7.58. The lowest BCUT2D eigenvalue weighted by atomic mass is 10.2. The predicted octanol–water partition coefficient (Wildman–Crippen LogP) is 2.85. The number of benzene rings is 1. The Labute approximate surface area is 101 Å². The molecule has 78 valence electrons. The lowest BCUT2D eigenvalue weighted by Gasteiger charge is -2.07. The summed E-state index contributed by atoms with van der Waals surface area (Å²) in [7, 11) is 0. The molecule has 0 aliphatic rings. The third-order valence-corrected chi connectivity index (χ3v) is 2.43.